The van der Waals surface area contributed by atoms with Gasteiger partial charge in [0.15, 0.2) is 0 Å². The lowest BCUT2D eigenvalue weighted by Crippen LogP contribution is -2.18. The fraction of sp³-hybridized carbons (Fsp3) is 0.158. The monoisotopic (exact) mass is 339 g/mol. The lowest BCUT2D eigenvalue weighted by atomic mass is 10.2. The summed E-state index contributed by atoms with van der Waals surface area (Å²) in [5.41, 5.74) is 4.70. The van der Waals surface area contributed by atoms with Crippen molar-refractivity contribution in [2.75, 3.05) is 6.61 Å². The lowest BCUT2D eigenvalue weighted by molar-refractivity contribution is 0.152. The third kappa shape index (κ3) is 3.85. The van der Waals surface area contributed by atoms with Crippen LogP contribution < -0.4 is 5.43 Å². The number of carbonyl (C=O) groups is 1. The number of carbonyl (C=O) groups excluding carboxylic acids is 1. The first-order chi connectivity index (χ1) is 12.2. The van der Waals surface area contributed by atoms with E-state index in [-0.39, 0.29) is 12.4 Å². The molecule has 0 saturated carbocycles. The van der Waals surface area contributed by atoms with Crippen molar-refractivity contribution in [1.82, 2.24) is 9.99 Å². The van der Waals surface area contributed by atoms with Crippen LogP contribution in [0.15, 0.2) is 59.8 Å². The summed E-state index contributed by atoms with van der Waals surface area (Å²) in [6.07, 6.45) is 2.83. The van der Waals surface area contributed by atoms with Crippen LogP contribution >= 0.6 is 0 Å². The van der Waals surface area contributed by atoms with Crippen LogP contribution in [0.4, 0.5) is 9.18 Å². The summed E-state index contributed by atoms with van der Waals surface area (Å²) in [6, 6.07) is 14.5. The maximum Gasteiger partial charge on any atom is 0.427 e. The van der Waals surface area contributed by atoms with Crippen molar-refractivity contribution in [3.8, 4) is 0 Å². The van der Waals surface area contributed by atoms with Gasteiger partial charge in [-0.3, -0.25) is 0 Å². The zero-order valence-electron chi connectivity index (χ0n) is 13.8. The number of ether oxygens (including phenoxy) is 1. The molecular weight excluding hydrogens is 321 g/mol. The summed E-state index contributed by atoms with van der Waals surface area (Å²) in [5, 5.41) is 4.88. The van der Waals surface area contributed by atoms with Crippen molar-refractivity contribution in [2.45, 2.75) is 13.5 Å². The fourth-order valence-electron chi connectivity index (χ4n) is 2.64. The number of hydrogen-bond donors (Lipinski definition) is 1. The van der Waals surface area contributed by atoms with Crippen molar-refractivity contribution in [2.24, 2.45) is 5.10 Å². The number of rotatable bonds is 5. The van der Waals surface area contributed by atoms with Crippen LogP contribution in [0.3, 0.4) is 0 Å². The van der Waals surface area contributed by atoms with Crippen molar-refractivity contribution >= 4 is 23.2 Å². The number of fused-ring (bicyclic) bond motifs is 1. The Bertz CT molecular complexity index is 918. The summed E-state index contributed by atoms with van der Waals surface area (Å²) in [5.74, 6) is -0.237. The number of nitrogens with zero attached hydrogens (tertiary/aromatic N) is 2. The molecule has 3 aromatic rings. The van der Waals surface area contributed by atoms with Gasteiger partial charge >= 0.3 is 6.09 Å². The molecule has 0 fully saturated rings. The molecule has 0 aliphatic carbocycles. The molecule has 3 rings (SSSR count). The van der Waals surface area contributed by atoms with E-state index in [0.29, 0.717) is 12.1 Å². The van der Waals surface area contributed by atoms with E-state index in [1.807, 2.05) is 41.1 Å². The van der Waals surface area contributed by atoms with Gasteiger partial charge in [-0.05, 0) is 19.1 Å². The minimum Gasteiger partial charge on any atom is -0.449 e. The molecule has 1 aromatic heterocycles. The smallest absolute Gasteiger partial charge is 0.427 e. The van der Waals surface area contributed by atoms with Gasteiger partial charge in [-0.25, -0.2) is 14.6 Å². The van der Waals surface area contributed by atoms with E-state index in [4.69, 9.17) is 4.74 Å². The Labute approximate surface area is 144 Å². The van der Waals surface area contributed by atoms with Crippen LogP contribution in [0.25, 0.3) is 10.9 Å². The first-order valence-electron chi connectivity index (χ1n) is 7.96. The Kier molecular flexibility index (Phi) is 5.09. The molecule has 0 aliphatic rings. The lowest BCUT2D eigenvalue weighted by Gasteiger charge is -2.06. The van der Waals surface area contributed by atoms with E-state index in [1.54, 1.807) is 25.3 Å². The number of hydrazone groups is 1. The average molecular weight is 339 g/mol. The maximum absolute atomic E-state index is 13.9. The Balaban J connectivity index is 1.89. The number of halogens is 1. The van der Waals surface area contributed by atoms with Crippen LogP contribution in [-0.2, 0) is 11.3 Å². The minimum absolute atomic E-state index is 0.237. The van der Waals surface area contributed by atoms with Crippen LogP contribution in [0.5, 0.6) is 0 Å². The van der Waals surface area contributed by atoms with Gasteiger partial charge in [0, 0.05) is 28.2 Å². The maximum atomic E-state index is 13.9. The van der Waals surface area contributed by atoms with E-state index < -0.39 is 6.09 Å². The molecule has 0 bridgehead atoms. The normalized spacial score (nSPS) is 11.1. The highest BCUT2D eigenvalue weighted by Gasteiger charge is 2.09. The molecule has 0 spiro atoms. The molecule has 0 unspecified atom stereocenters. The molecule has 0 saturated heterocycles. The van der Waals surface area contributed by atoms with Gasteiger partial charge in [0.1, 0.15) is 5.82 Å². The molecule has 5 nitrogen and oxygen atoms in total. The predicted molar refractivity (Wildman–Crippen MR) is 95.2 cm³/mol. The molecule has 2 aromatic carbocycles. The SMILES string of the molecule is CCOC(=O)N/N=C\c1cn(Cc2ccccc2F)c2ccccc12. The number of amides is 1. The van der Waals surface area contributed by atoms with Gasteiger partial charge in [0.05, 0.1) is 19.4 Å². The van der Waals surface area contributed by atoms with Gasteiger partial charge in [-0.15, -0.1) is 0 Å². The molecule has 0 radical (unpaired) electrons. The van der Waals surface area contributed by atoms with Gasteiger partial charge in [-0.2, -0.15) is 5.10 Å². The number of nitrogens with one attached hydrogen (secondary N) is 1. The summed E-state index contributed by atoms with van der Waals surface area (Å²) >= 11 is 0. The molecule has 1 N–H and O–H groups in total. The van der Waals surface area contributed by atoms with E-state index in [9.17, 15) is 9.18 Å². The van der Waals surface area contributed by atoms with Crippen LogP contribution in [-0.4, -0.2) is 23.5 Å². The van der Waals surface area contributed by atoms with Crippen molar-refractivity contribution in [1.29, 1.82) is 0 Å². The Morgan fingerprint density at radius 2 is 2.00 bits per heavy atom. The largest absolute Gasteiger partial charge is 0.449 e. The molecule has 0 aliphatic heterocycles. The fourth-order valence-corrected chi connectivity index (χ4v) is 2.64. The standard InChI is InChI=1S/C19H18FN3O2/c1-2-25-19(24)22-21-11-15-13-23(18-10-6-4-8-16(15)18)12-14-7-3-5-9-17(14)20/h3-11,13H,2,12H2,1H3,(H,22,24)/b21-11-. The number of benzene rings is 2. The molecule has 1 heterocycles. The first kappa shape index (κ1) is 16.7. The van der Waals surface area contributed by atoms with E-state index in [0.717, 1.165) is 16.5 Å². The summed E-state index contributed by atoms with van der Waals surface area (Å²) in [6.45, 7) is 2.41. The van der Waals surface area contributed by atoms with Gasteiger partial charge in [-0.1, -0.05) is 36.4 Å². The van der Waals surface area contributed by atoms with Crippen LogP contribution in [0.1, 0.15) is 18.1 Å². The average Bonchev–Trinajstić information content (AvgIpc) is 2.95. The predicted octanol–water partition coefficient (Wildman–Crippen LogP) is 3.91. The van der Waals surface area contributed by atoms with Crippen molar-refractivity contribution in [3.05, 3.63) is 71.7 Å². The topological polar surface area (TPSA) is 55.6 Å². The Morgan fingerprint density at radius 3 is 2.80 bits per heavy atom. The quantitative estimate of drug-likeness (QED) is 0.566. The number of para-hydroxylation sites is 1. The molecule has 25 heavy (non-hydrogen) atoms. The Hall–Kier alpha value is -3.15. The minimum atomic E-state index is -0.603. The number of hydrogen-bond acceptors (Lipinski definition) is 3. The van der Waals surface area contributed by atoms with Crippen LogP contribution in [0, 0.1) is 5.82 Å². The second kappa shape index (κ2) is 7.61. The summed E-state index contributed by atoms with van der Waals surface area (Å²) in [7, 11) is 0. The second-order valence-electron chi connectivity index (χ2n) is 5.41. The van der Waals surface area contributed by atoms with Crippen molar-refractivity contribution in [3.63, 3.8) is 0 Å². The third-order valence-electron chi connectivity index (χ3n) is 3.75. The zero-order chi connectivity index (χ0) is 17.6. The van der Waals surface area contributed by atoms with Gasteiger partial charge in [0.2, 0.25) is 0 Å². The van der Waals surface area contributed by atoms with E-state index in [1.165, 1.54) is 6.07 Å². The van der Waals surface area contributed by atoms with Crippen molar-refractivity contribution < 1.29 is 13.9 Å². The van der Waals surface area contributed by atoms with Gasteiger partial charge in [0.25, 0.3) is 0 Å². The molecule has 128 valence electrons. The second-order valence-corrected chi connectivity index (χ2v) is 5.41. The highest BCUT2D eigenvalue weighted by molar-refractivity contribution is 5.99. The molecule has 6 heteroatoms. The van der Waals surface area contributed by atoms with E-state index in [2.05, 4.69) is 10.5 Å². The van der Waals surface area contributed by atoms with Gasteiger partial charge < -0.3 is 9.30 Å². The molecule has 0 atom stereocenters. The Morgan fingerprint density at radius 1 is 1.24 bits per heavy atom. The van der Waals surface area contributed by atoms with Crippen LogP contribution in [0.2, 0.25) is 0 Å². The zero-order valence-corrected chi connectivity index (χ0v) is 13.8. The highest BCUT2D eigenvalue weighted by Crippen LogP contribution is 2.21. The highest BCUT2D eigenvalue weighted by atomic mass is 19.1. The molecule has 1 amide bonds. The first-order valence-corrected chi connectivity index (χ1v) is 7.96. The third-order valence-corrected chi connectivity index (χ3v) is 3.75. The van der Waals surface area contributed by atoms with E-state index >= 15 is 0 Å². The summed E-state index contributed by atoms with van der Waals surface area (Å²) < 4.78 is 20.7. The molecular formula is C19H18FN3O2. The number of aromatic nitrogens is 1. The summed E-state index contributed by atoms with van der Waals surface area (Å²) in [4.78, 5) is 11.3.